The molecule has 0 heterocycles. The third-order valence-corrected chi connectivity index (χ3v) is 3.59. The smallest absolute Gasteiger partial charge is 0.269 e. The molecule has 0 aliphatic carbocycles. The zero-order chi connectivity index (χ0) is 16.3. The summed E-state index contributed by atoms with van der Waals surface area (Å²) in [5.74, 6) is 2.15. The predicted molar refractivity (Wildman–Crippen MR) is 87.8 cm³/mol. The Kier molecular flexibility index (Phi) is 4.81. The first-order valence-corrected chi connectivity index (χ1v) is 7.45. The predicted octanol–water partition coefficient (Wildman–Crippen LogP) is 5.63. The fourth-order valence-electron chi connectivity index (χ4n) is 2.35. The minimum atomic E-state index is -0.411. The van der Waals surface area contributed by atoms with E-state index >= 15 is 0 Å². The maximum absolute atomic E-state index is 10.7. The fourth-order valence-corrected chi connectivity index (χ4v) is 2.35. The van der Waals surface area contributed by atoms with E-state index in [9.17, 15) is 10.1 Å². The lowest BCUT2D eigenvalue weighted by Crippen LogP contribution is -2.00. The fraction of sp³-hybridized carbons (Fsp3) is 0.333. The van der Waals surface area contributed by atoms with Gasteiger partial charge in [0.15, 0.2) is 0 Å². The largest absolute Gasteiger partial charge is 0.457 e. The quantitative estimate of drug-likeness (QED) is 0.530. The number of non-ortho nitro benzene ring substituents is 1. The molecule has 0 N–H and O–H groups in total. The molecule has 0 aliphatic heterocycles. The van der Waals surface area contributed by atoms with Crippen molar-refractivity contribution >= 4 is 5.69 Å². The van der Waals surface area contributed by atoms with Crippen molar-refractivity contribution in [2.45, 2.75) is 39.5 Å². The molecule has 0 atom stereocenters. The topological polar surface area (TPSA) is 52.4 Å². The molecule has 0 fully saturated rings. The summed E-state index contributed by atoms with van der Waals surface area (Å²) >= 11 is 0. The zero-order valence-electron chi connectivity index (χ0n) is 13.4. The van der Waals surface area contributed by atoms with Crippen LogP contribution in [0.5, 0.6) is 11.5 Å². The van der Waals surface area contributed by atoms with Gasteiger partial charge in [-0.1, -0.05) is 45.9 Å². The van der Waals surface area contributed by atoms with Crippen molar-refractivity contribution in [1.29, 1.82) is 0 Å². The van der Waals surface area contributed by atoms with Crippen LogP contribution in [0.2, 0.25) is 0 Å². The summed E-state index contributed by atoms with van der Waals surface area (Å²) in [4.78, 5) is 10.3. The summed E-state index contributed by atoms with van der Waals surface area (Å²) in [5, 5.41) is 10.7. The van der Waals surface area contributed by atoms with E-state index < -0.39 is 4.92 Å². The summed E-state index contributed by atoms with van der Waals surface area (Å²) in [6.45, 7) is 8.51. The first kappa shape index (κ1) is 16.0. The molecule has 116 valence electrons. The van der Waals surface area contributed by atoms with Gasteiger partial charge in [-0.2, -0.15) is 0 Å². The first-order valence-electron chi connectivity index (χ1n) is 7.45. The van der Waals surface area contributed by atoms with Gasteiger partial charge in [0.05, 0.1) is 4.92 Å². The van der Waals surface area contributed by atoms with Gasteiger partial charge >= 0.3 is 0 Å². The van der Waals surface area contributed by atoms with Gasteiger partial charge in [-0.3, -0.25) is 10.1 Å². The monoisotopic (exact) mass is 299 g/mol. The number of nitrogens with zero attached hydrogens (tertiary/aromatic N) is 1. The second kappa shape index (κ2) is 6.60. The van der Waals surface area contributed by atoms with Gasteiger partial charge in [0.1, 0.15) is 11.5 Å². The van der Waals surface area contributed by atoms with E-state index in [-0.39, 0.29) is 5.69 Å². The van der Waals surface area contributed by atoms with Gasteiger partial charge in [-0.15, -0.1) is 0 Å². The van der Waals surface area contributed by atoms with Crippen molar-refractivity contribution in [2.75, 3.05) is 0 Å². The highest BCUT2D eigenvalue weighted by atomic mass is 16.6. The van der Waals surface area contributed by atoms with E-state index in [1.165, 1.54) is 12.1 Å². The van der Waals surface area contributed by atoms with Gasteiger partial charge in [0, 0.05) is 12.1 Å². The molecule has 0 unspecified atom stereocenters. The third kappa shape index (κ3) is 3.45. The van der Waals surface area contributed by atoms with Crippen LogP contribution >= 0.6 is 0 Å². The maximum atomic E-state index is 10.7. The SMILES string of the molecule is CC(C)c1cccc(C(C)C)c1Oc1ccc([N+](=O)[O-])cc1. The Hall–Kier alpha value is -2.36. The molecule has 0 bridgehead atoms. The van der Waals surface area contributed by atoms with Gasteiger partial charge in [-0.25, -0.2) is 0 Å². The highest BCUT2D eigenvalue weighted by molar-refractivity contribution is 5.48. The Balaban J connectivity index is 2.41. The highest BCUT2D eigenvalue weighted by Gasteiger charge is 2.16. The molecular weight excluding hydrogens is 278 g/mol. The number of nitro benzene ring substituents is 1. The lowest BCUT2D eigenvalue weighted by atomic mass is 9.94. The highest BCUT2D eigenvalue weighted by Crippen LogP contribution is 2.37. The summed E-state index contributed by atoms with van der Waals surface area (Å²) in [7, 11) is 0. The number of benzene rings is 2. The van der Waals surface area contributed by atoms with Gasteiger partial charge < -0.3 is 4.74 Å². The van der Waals surface area contributed by atoms with Crippen molar-refractivity contribution in [3.63, 3.8) is 0 Å². The molecule has 0 aromatic heterocycles. The van der Waals surface area contributed by atoms with Crippen LogP contribution < -0.4 is 4.74 Å². The van der Waals surface area contributed by atoms with E-state index in [4.69, 9.17) is 4.74 Å². The normalized spacial score (nSPS) is 11.0. The number of hydrogen-bond donors (Lipinski definition) is 0. The number of ether oxygens (including phenoxy) is 1. The summed E-state index contributed by atoms with van der Waals surface area (Å²) in [6.07, 6.45) is 0. The van der Waals surface area contributed by atoms with Crippen molar-refractivity contribution in [3.05, 3.63) is 63.7 Å². The lowest BCUT2D eigenvalue weighted by Gasteiger charge is -2.19. The molecule has 22 heavy (non-hydrogen) atoms. The second-order valence-corrected chi connectivity index (χ2v) is 5.93. The zero-order valence-corrected chi connectivity index (χ0v) is 13.4. The van der Waals surface area contributed by atoms with Crippen LogP contribution in [-0.2, 0) is 0 Å². The molecule has 2 aromatic carbocycles. The number of para-hydroxylation sites is 1. The van der Waals surface area contributed by atoms with Crippen LogP contribution in [0.15, 0.2) is 42.5 Å². The van der Waals surface area contributed by atoms with Crippen LogP contribution in [0.4, 0.5) is 5.69 Å². The van der Waals surface area contributed by atoms with Gasteiger partial charge in [0.2, 0.25) is 0 Å². The first-order chi connectivity index (χ1) is 10.4. The summed E-state index contributed by atoms with van der Waals surface area (Å²) < 4.78 is 6.08. The Morgan fingerprint density at radius 3 is 1.82 bits per heavy atom. The standard InChI is InChI=1S/C18H21NO3/c1-12(2)16-6-5-7-17(13(3)4)18(16)22-15-10-8-14(9-11-15)19(20)21/h5-13H,1-4H3. The molecular formula is C18H21NO3. The van der Waals surface area contributed by atoms with Crippen LogP contribution in [0.25, 0.3) is 0 Å². The molecule has 4 nitrogen and oxygen atoms in total. The van der Waals surface area contributed by atoms with E-state index in [0.29, 0.717) is 17.6 Å². The third-order valence-electron chi connectivity index (χ3n) is 3.59. The minimum Gasteiger partial charge on any atom is -0.457 e. The number of nitro groups is 1. The molecule has 2 aromatic rings. The average Bonchev–Trinajstić information content (AvgIpc) is 2.47. The van der Waals surface area contributed by atoms with Crippen LogP contribution in [0.1, 0.15) is 50.7 Å². The van der Waals surface area contributed by atoms with Crippen molar-refractivity contribution < 1.29 is 9.66 Å². The van der Waals surface area contributed by atoms with Crippen molar-refractivity contribution in [2.24, 2.45) is 0 Å². The molecule has 4 heteroatoms. The molecule has 0 aliphatic rings. The van der Waals surface area contributed by atoms with E-state index in [1.54, 1.807) is 12.1 Å². The van der Waals surface area contributed by atoms with Crippen molar-refractivity contribution in [1.82, 2.24) is 0 Å². The Morgan fingerprint density at radius 2 is 1.41 bits per heavy atom. The number of hydrogen-bond acceptors (Lipinski definition) is 3. The second-order valence-electron chi connectivity index (χ2n) is 5.93. The minimum absolute atomic E-state index is 0.0635. The average molecular weight is 299 g/mol. The van der Waals surface area contributed by atoms with E-state index in [0.717, 1.165) is 16.9 Å². The Bertz CT molecular complexity index is 634. The summed E-state index contributed by atoms with van der Waals surface area (Å²) in [6, 6.07) is 12.4. The van der Waals surface area contributed by atoms with E-state index in [1.807, 2.05) is 6.07 Å². The van der Waals surface area contributed by atoms with Crippen LogP contribution in [-0.4, -0.2) is 4.92 Å². The molecule has 0 amide bonds. The maximum Gasteiger partial charge on any atom is 0.269 e. The van der Waals surface area contributed by atoms with E-state index in [2.05, 4.69) is 39.8 Å². The van der Waals surface area contributed by atoms with Crippen LogP contribution in [0, 0.1) is 10.1 Å². The van der Waals surface area contributed by atoms with Gasteiger partial charge in [0.25, 0.3) is 5.69 Å². The summed E-state index contributed by atoms with van der Waals surface area (Å²) in [5.41, 5.74) is 2.35. The lowest BCUT2D eigenvalue weighted by molar-refractivity contribution is -0.384. The number of rotatable bonds is 5. The molecule has 0 radical (unpaired) electrons. The van der Waals surface area contributed by atoms with Crippen LogP contribution in [0.3, 0.4) is 0 Å². The molecule has 0 spiro atoms. The Labute approximate surface area is 130 Å². The van der Waals surface area contributed by atoms with Gasteiger partial charge in [-0.05, 0) is 35.1 Å². The molecule has 0 saturated heterocycles. The van der Waals surface area contributed by atoms with Crippen molar-refractivity contribution in [3.8, 4) is 11.5 Å². The molecule has 0 saturated carbocycles. The Morgan fingerprint density at radius 1 is 0.909 bits per heavy atom. The molecule has 2 rings (SSSR count).